The van der Waals surface area contributed by atoms with E-state index in [0.29, 0.717) is 19.5 Å². The van der Waals surface area contributed by atoms with Crippen LogP contribution in [0.25, 0.3) is 0 Å². The minimum Gasteiger partial charge on any atom is -0.392 e. The molecule has 2 amide bonds. The number of carbonyl (C=O) groups excluding carboxylic acids is 2. The van der Waals surface area contributed by atoms with E-state index < -0.39 is 6.10 Å². The van der Waals surface area contributed by atoms with Crippen LogP contribution in [0.3, 0.4) is 0 Å². The lowest BCUT2D eigenvalue weighted by Gasteiger charge is -2.38. The Morgan fingerprint density at radius 1 is 1.39 bits per heavy atom. The van der Waals surface area contributed by atoms with Crippen LogP contribution in [0.1, 0.15) is 26.2 Å². The molecule has 4 unspecified atom stereocenters. The number of aliphatic hydroxyl groups excluding tert-OH is 1. The third kappa shape index (κ3) is 2.64. The van der Waals surface area contributed by atoms with Gasteiger partial charge in [-0.3, -0.25) is 9.59 Å². The van der Waals surface area contributed by atoms with Gasteiger partial charge in [-0.15, -0.1) is 0 Å². The second kappa shape index (κ2) is 5.24. The van der Waals surface area contributed by atoms with Crippen molar-refractivity contribution in [1.82, 2.24) is 10.2 Å². The van der Waals surface area contributed by atoms with E-state index in [1.54, 1.807) is 4.90 Å². The van der Waals surface area contributed by atoms with Gasteiger partial charge in [-0.2, -0.15) is 0 Å². The van der Waals surface area contributed by atoms with E-state index in [0.717, 1.165) is 12.8 Å². The second-order valence-corrected chi connectivity index (χ2v) is 5.37. The number of amides is 2. The summed E-state index contributed by atoms with van der Waals surface area (Å²) in [6.07, 6.45) is 1.55. The molecule has 2 aliphatic heterocycles. The molecular formula is C12H21N3O3. The number of aliphatic hydroxyl groups is 1. The highest BCUT2D eigenvalue weighted by Crippen LogP contribution is 2.23. The molecule has 2 saturated heterocycles. The first-order valence-corrected chi connectivity index (χ1v) is 6.50. The van der Waals surface area contributed by atoms with Gasteiger partial charge in [0.25, 0.3) is 0 Å². The first kappa shape index (κ1) is 13.3. The van der Waals surface area contributed by atoms with Crippen molar-refractivity contribution in [3.8, 4) is 0 Å². The first-order valence-electron chi connectivity index (χ1n) is 6.50. The Morgan fingerprint density at radius 3 is 2.67 bits per heavy atom. The van der Waals surface area contributed by atoms with E-state index in [-0.39, 0.29) is 29.8 Å². The molecule has 0 bridgehead atoms. The van der Waals surface area contributed by atoms with Crippen molar-refractivity contribution < 1.29 is 14.7 Å². The molecule has 2 fully saturated rings. The molecule has 6 nitrogen and oxygen atoms in total. The minimum atomic E-state index is -0.453. The van der Waals surface area contributed by atoms with Crippen LogP contribution in [0.2, 0.25) is 0 Å². The highest BCUT2D eigenvalue weighted by molar-refractivity contribution is 5.84. The van der Waals surface area contributed by atoms with Crippen molar-refractivity contribution in [3.05, 3.63) is 0 Å². The van der Waals surface area contributed by atoms with Crippen LogP contribution in [0.4, 0.5) is 0 Å². The Labute approximate surface area is 107 Å². The SMILES string of the molecule is CC1CCC(C(N)=O)CN1C(=O)C1CC(O)CN1. The van der Waals surface area contributed by atoms with Crippen molar-refractivity contribution >= 4 is 11.8 Å². The number of nitrogens with one attached hydrogen (secondary N) is 1. The van der Waals surface area contributed by atoms with Gasteiger partial charge in [-0.1, -0.05) is 0 Å². The average molecular weight is 255 g/mol. The third-order valence-electron chi connectivity index (χ3n) is 3.97. The Morgan fingerprint density at radius 2 is 2.11 bits per heavy atom. The van der Waals surface area contributed by atoms with Crippen molar-refractivity contribution in [1.29, 1.82) is 0 Å². The Balaban J connectivity index is 2.01. The Hall–Kier alpha value is -1.14. The number of rotatable bonds is 2. The van der Waals surface area contributed by atoms with Crippen molar-refractivity contribution in [3.63, 3.8) is 0 Å². The van der Waals surface area contributed by atoms with E-state index in [2.05, 4.69) is 5.32 Å². The van der Waals surface area contributed by atoms with Crippen molar-refractivity contribution in [2.45, 2.75) is 44.4 Å². The van der Waals surface area contributed by atoms with E-state index in [1.165, 1.54) is 0 Å². The van der Waals surface area contributed by atoms with E-state index in [9.17, 15) is 14.7 Å². The zero-order valence-corrected chi connectivity index (χ0v) is 10.6. The van der Waals surface area contributed by atoms with E-state index >= 15 is 0 Å². The molecule has 4 N–H and O–H groups in total. The second-order valence-electron chi connectivity index (χ2n) is 5.37. The number of nitrogens with two attached hydrogens (primary N) is 1. The van der Waals surface area contributed by atoms with Gasteiger partial charge in [0.15, 0.2) is 0 Å². The summed E-state index contributed by atoms with van der Waals surface area (Å²) in [4.78, 5) is 25.3. The van der Waals surface area contributed by atoms with Gasteiger partial charge in [0.2, 0.25) is 11.8 Å². The lowest BCUT2D eigenvalue weighted by molar-refractivity contribution is -0.139. The highest BCUT2D eigenvalue weighted by Gasteiger charge is 2.37. The standard InChI is InChI=1S/C12H21N3O3/c1-7-2-3-8(11(13)17)6-15(7)12(18)10-4-9(16)5-14-10/h7-10,14,16H,2-6H2,1H3,(H2,13,17). The predicted octanol–water partition coefficient (Wildman–Crippen LogP) is -1.18. The summed E-state index contributed by atoms with van der Waals surface area (Å²) in [6, 6.07) is -0.193. The van der Waals surface area contributed by atoms with Crippen LogP contribution >= 0.6 is 0 Å². The molecule has 2 rings (SSSR count). The van der Waals surface area contributed by atoms with Gasteiger partial charge >= 0.3 is 0 Å². The number of likely N-dealkylation sites (tertiary alicyclic amines) is 1. The summed E-state index contributed by atoms with van der Waals surface area (Å²) >= 11 is 0. The fraction of sp³-hybridized carbons (Fsp3) is 0.833. The fourth-order valence-electron chi connectivity index (χ4n) is 2.75. The average Bonchev–Trinajstić information content (AvgIpc) is 2.75. The summed E-state index contributed by atoms with van der Waals surface area (Å²) in [6.45, 7) is 2.85. The van der Waals surface area contributed by atoms with Gasteiger partial charge in [-0.05, 0) is 26.2 Å². The van der Waals surface area contributed by atoms with Gasteiger partial charge in [0.1, 0.15) is 0 Å². The Bertz CT molecular complexity index is 347. The summed E-state index contributed by atoms with van der Waals surface area (Å²) < 4.78 is 0. The quantitative estimate of drug-likeness (QED) is 0.579. The van der Waals surface area contributed by atoms with Crippen LogP contribution in [0.15, 0.2) is 0 Å². The normalized spacial score (nSPS) is 36.7. The van der Waals surface area contributed by atoms with Gasteiger partial charge in [0.05, 0.1) is 18.1 Å². The number of piperidine rings is 1. The number of nitrogens with zero attached hydrogens (tertiary/aromatic N) is 1. The zero-order valence-electron chi connectivity index (χ0n) is 10.6. The predicted molar refractivity (Wildman–Crippen MR) is 65.5 cm³/mol. The molecule has 102 valence electrons. The summed E-state index contributed by atoms with van der Waals surface area (Å²) in [7, 11) is 0. The van der Waals surface area contributed by atoms with Crippen LogP contribution in [0, 0.1) is 5.92 Å². The fourth-order valence-corrected chi connectivity index (χ4v) is 2.75. The number of carbonyl (C=O) groups is 2. The van der Waals surface area contributed by atoms with Gasteiger partial charge < -0.3 is 21.1 Å². The molecule has 0 aromatic rings. The molecular weight excluding hydrogens is 234 g/mol. The summed E-state index contributed by atoms with van der Waals surface area (Å²) in [5.41, 5.74) is 5.32. The minimum absolute atomic E-state index is 0.0231. The number of β-amino-alcohol motifs (C(OH)–C–C–N with tert-alkyl or cyclic N) is 1. The van der Waals surface area contributed by atoms with E-state index in [1.807, 2.05) is 6.92 Å². The zero-order chi connectivity index (χ0) is 13.3. The lowest BCUT2D eigenvalue weighted by Crippen LogP contribution is -2.53. The molecule has 18 heavy (non-hydrogen) atoms. The van der Waals surface area contributed by atoms with Crippen molar-refractivity contribution in [2.24, 2.45) is 11.7 Å². The lowest BCUT2D eigenvalue weighted by atomic mass is 9.92. The molecule has 6 heteroatoms. The highest BCUT2D eigenvalue weighted by atomic mass is 16.3. The van der Waals surface area contributed by atoms with Crippen LogP contribution < -0.4 is 11.1 Å². The van der Waals surface area contributed by atoms with Crippen LogP contribution in [-0.2, 0) is 9.59 Å². The maximum absolute atomic E-state index is 12.3. The van der Waals surface area contributed by atoms with Gasteiger partial charge in [0, 0.05) is 19.1 Å². The first-order chi connectivity index (χ1) is 8.49. The maximum Gasteiger partial charge on any atom is 0.240 e. The smallest absolute Gasteiger partial charge is 0.240 e. The van der Waals surface area contributed by atoms with Gasteiger partial charge in [-0.25, -0.2) is 0 Å². The molecule has 2 aliphatic rings. The molecule has 2 heterocycles. The third-order valence-corrected chi connectivity index (χ3v) is 3.97. The molecule has 0 aromatic carbocycles. The number of primary amides is 1. The number of hydrogen-bond donors (Lipinski definition) is 3. The topological polar surface area (TPSA) is 95.7 Å². The summed E-state index contributed by atoms with van der Waals surface area (Å²) in [5.74, 6) is -0.597. The largest absolute Gasteiger partial charge is 0.392 e. The molecule has 0 spiro atoms. The van der Waals surface area contributed by atoms with Crippen molar-refractivity contribution in [2.75, 3.05) is 13.1 Å². The van der Waals surface area contributed by atoms with Crippen LogP contribution in [-0.4, -0.2) is 53.1 Å². The summed E-state index contributed by atoms with van der Waals surface area (Å²) in [5, 5.41) is 12.5. The molecule has 0 aromatic heterocycles. The monoisotopic (exact) mass is 255 g/mol. The van der Waals surface area contributed by atoms with E-state index in [4.69, 9.17) is 5.73 Å². The van der Waals surface area contributed by atoms with Crippen LogP contribution in [0.5, 0.6) is 0 Å². The number of hydrogen-bond acceptors (Lipinski definition) is 4. The maximum atomic E-state index is 12.3. The molecule has 0 aliphatic carbocycles. The molecule has 0 saturated carbocycles. The molecule has 4 atom stereocenters. The Kier molecular flexibility index (Phi) is 3.87. The molecule has 0 radical (unpaired) electrons.